The van der Waals surface area contributed by atoms with Gasteiger partial charge in [-0.15, -0.1) is 0 Å². The van der Waals surface area contributed by atoms with E-state index in [9.17, 15) is 0 Å². The molecule has 0 aromatic carbocycles. The van der Waals surface area contributed by atoms with Gasteiger partial charge in [-0.2, -0.15) is 0 Å². The smallest absolute Gasteiger partial charge is 0.0431 e. The lowest BCUT2D eigenvalue weighted by Crippen LogP contribution is -1.82. The Kier molecular flexibility index (Phi) is 12.4. The lowest BCUT2D eigenvalue weighted by Gasteiger charge is -1.96. The van der Waals surface area contributed by atoms with Crippen molar-refractivity contribution in [1.82, 2.24) is 0 Å². The SMILES string of the molecule is CCCCC/C=C/CCCCCCO. The second-order valence-corrected chi connectivity index (χ2v) is 3.89. The molecule has 0 aliphatic carbocycles. The van der Waals surface area contributed by atoms with E-state index in [1.807, 2.05) is 0 Å². The predicted octanol–water partition coefficient (Wildman–Crippen LogP) is 4.07. The van der Waals surface area contributed by atoms with Crippen molar-refractivity contribution in [2.75, 3.05) is 6.61 Å². The molecule has 1 nitrogen and oxygen atoms in total. The number of unbranched alkanes of at least 4 members (excludes halogenated alkanes) is 7. The van der Waals surface area contributed by atoms with Gasteiger partial charge in [-0.25, -0.2) is 0 Å². The topological polar surface area (TPSA) is 20.2 Å². The molecule has 0 amide bonds. The number of rotatable bonds is 10. The van der Waals surface area contributed by atoms with Crippen LogP contribution in [0.1, 0.15) is 64.7 Å². The first kappa shape index (κ1) is 13.7. The fourth-order valence-electron chi connectivity index (χ4n) is 1.48. The van der Waals surface area contributed by atoms with Gasteiger partial charge in [-0.3, -0.25) is 0 Å². The van der Waals surface area contributed by atoms with Crippen molar-refractivity contribution in [3.8, 4) is 0 Å². The van der Waals surface area contributed by atoms with Gasteiger partial charge in [0.15, 0.2) is 0 Å². The van der Waals surface area contributed by atoms with Gasteiger partial charge in [0.2, 0.25) is 0 Å². The highest BCUT2D eigenvalue weighted by Crippen LogP contribution is 2.05. The second kappa shape index (κ2) is 12.7. The molecule has 0 aliphatic rings. The average Bonchev–Trinajstić information content (AvgIpc) is 2.21. The highest BCUT2D eigenvalue weighted by atomic mass is 16.2. The molecule has 0 bridgehead atoms. The highest BCUT2D eigenvalue weighted by molar-refractivity contribution is 4.81. The van der Waals surface area contributed by atoms with Gasteiger partial charge in [0.1, 0.15) is 0 Å². The van der Waals surface area contributed by atoms with Crippen molar-refractivity contribution in [1.29, 1.82) is 0 Å². The summed E-state index contributed by atoms with van der Waals surface area (Å²) >= 11 is 0. The van der Waals surface area contributed by atoms with Gasteiger partial charge in [-0.1, -0.05) is 44.8 Å². The van der Waals surface area contributed by atoms with Crippen LogP contribution in [-0.4, -0.2) is 11.7 Å². The van der Waals surface area contributed by atoms with Gasteiger partial charge in [0, 0.05) is 6.61 Å². The third-order valence-electron chi connectivity index (χ3n) is 2.42. The Morgan fingerprint density at radius 2 is 1.36 bits per heavy atom. The van der Waals surface area contributed by atoms with Crippen molar-refractivity contribution in [3.63, 3.8) is 0 Å². The van der Waals surface area contributed by atoms with Crippen LogP contribution in [0, 0.1) is 0 Å². The summed E-state index contributed by atoms with van der Waals surface area (Å²) in [5.41, 5.74) is 0. The minimum absolute atomic E-state index is 0.354. The Bertz CT molecular complexity index is 118. The maximum absolute atomic E-state index is 8.58. The zero-order valence-electron chi connectivity index (χ0n) is 9.67. The van der Waals surface area contributed by atoms with E-state index < -0.39 is 0 Å². The van der Waals surface area contributed by atoms with Gasteiger partial charge < -0.3 is 5.11 Å². The summed E-state index contributed by atoms with van der Waals surface area (Å²) in [6.07, 6.45) is 15.8. The zero-order valence-corrected chi connectivity index (χ0v) is 9.67. The monoisotopic (exact) mass is 198 g/mol. The summed E-state index contributed by atoms with van der Waals surface area (Å²) in [5, 5.41) is 8.58. The quantitative estimate of drug-likeness (QED) is 0.414. The van der Waals surface area contributed by atoms with E-state index in [1.165, 1.54) is 51.4 Å². The van der Waals surface area contributed by atoms with Crippen molar-refractivity contribution in [2.24, 2.45) is 0 Å². The third kappa shape index (κ3) is 11.7. The van der Waals surface area contributed by atoms with Crippen LogP contribution in [0.4, 0.5) is 0 Å². The molecular formula is C13H26O. The van der Waals surface area contributed by atoms with Gasteiger partial charge in [0.25, 0.3) is 0 Å². The van der Waals surface area contributed by atoms with Crippen molar-refractivity contribution >= 4 is 0 Å². The van der Waals surface area contributed by atoms with Crippen LogP contribution in [0.15, 0.2) is 12.2 Å². The van der Waals surface area contributed by atoms with E-state index in [1.54, 1.807) is 0 Å². The lowest BCUT2D eigenvalue weighted by atomic mass is 10.1. The summed E-state index contributed by atoms with van der Waals surface area (Å²) in [5.74, 6) is 0. The third-order valence-corrected chi connectivity index (χ3v) is 2.42. The van der Waals surface area contributed by atoms with Gasteiger partial charge in [-0.05, 0) is 32.1 Å². The Morgan fingerprint density at radius 1 is 0.786 bits per heavy atom. The Hall–Kier alpha value is -0.300. The molecule has 84 valence electrons. The van der Waals surface area contributed by atoms with E-state index >= 15 is 0 Å². The van der Waals surface area contributed by atoms with E-state index in [4.69, 9.17) is 5.11 Å². The first-order valence-corrected chi connectivity index (χ1v) is 6.17. The first-order valence-electron chi connectivity index (χ1n) is 6.17. The lowest BCUT2D eigenvalue weighted by molar-refractivity contribution is 0.282. The average molecular weight is 198 g/mol. The van der Waals surface area contributed by atoms with Crippen LogP contribution in [-0.2, 0) is 0 Å². The fourth-order valence-corrected chi connectivity index (χ4v) is 1.48. The fraction of sp³-hybridized carbons (Fsp3) is 0.846. The highest BCUT2D eigenvalue weighted by Gasteiger charge is 1.87. The molecule has 0 atom stereocenters. The van der Waals surface area contributed by atoms with Crippen LogP contribution < -0.4 is 0 Å². The van der Waals surface area contributed by atoms with Crippen LogP contribution in [0.25, 0.3) is 0 Å². The van der Waals surface area contributed by atoms with Crippen LogP contribution >= 0.6 is 0 Å². The van der Waals surface area contributed by atoms with E-state index in [-0.39, 0.29) is 0 Å². The molecular weight excluding hydrogens is 172 g/mol. The molecule has 0 aliphatic heterocycles. The zero-order chi connectivity index (χ0) is 10.5. The number of hydrogen-bond donors (Lipinski definition) is 1. The predicted molar refractivity (Wildman–Crippen MR) is 63.5 cm³/mol. The Balaban J connectivity index is 2.96. The van der Waals surface area contributed by atoms with Crippen molar-refractivity contribution < 1.29 is 5.11 Å². The maximum atomic E-state index is 8.58. The number of allylic oxidation sites excluding steroid dienone is 2. The molecule has 0 aromatic heterocycles. The largest absolute Gasteiger partial charge is 0.396 e. The molecule has 0 saturated heterocycles. The molecule has 0 unspecified atom stereocenters. The Labute approximate surface area is 89.2 Å². The standard InChI is InChI=1S/C13H26O/c1-2-3-4-5-6-7-8-9-10-11-12-13-14/h6-7,14H,2-5,8-13H2,1H3/b7-6+. The van der Waals surface area contributed by atoms with Crippen LogP contribution in [0.5, 0.6) is 0 Å². The van der Waals surface area contributed by atoms with Crippen LogP contribution in [0.2, 0.25) is 0 Å². The number of hydrogen-bond acceptors (Lipinski definition) is 1. The normalized spacial score (nSPS) is 11.3. The molecule has 0 fully saturated rings. The number of aliphatic hydroxyl groups excluding tert-OH is 1. The minimum atomic E-state index is 0.354. The first-order chi connectivity index (χ1) is 6.91. The molecule has 0 aromatic rings. The summed E-state index contributed by atoms with van der Waals surface area (Å²) in [6, 6.07) is 0. The molecule has 0 radical (unpaired) electrons. The molecule has 0 saturated carbocycles. The molecule has 1 heteroatoms. The molecule has 14 heavy (non-hydrogen) atoms. The van der Waals surface area contributed by atoms with E-state index in [0.717, 1.165) is 6.42 Å². The van der Waals surface area contributed by atoms with Gasteiger partial charge >= 0.3 is 0 Å². The molecule has 1 N–H and O–H groups in total. The number of aliphatic hydroxyl groups is 1. The minimum Gasteiger partial charge on any atom is -0.396 e. The molecule has 0 rings (SSSR count). The molecule has 0 heterocycles. The summed E-state index contributed by atoms with van der Waals surface area (Å²) in [4.78, 5) is 0. The van der Waals surface area contributed by atoms with Crippen molar-refractivity contribution in [3.05, 3.63) is 12.2 Å². The van der Waals surface area contributed by atoms with Crippen LogP contribution in [0.3, 0.4) is 0 Å². The maximum Gasteiger partial charge on any atom is 0.0431 e. The summed E-state index contributed by atoms with van der Waals surface area (Å²) in [6.45, 7) is 2.59. The van der Waals surface area contributed by atoms with Gasteiger partial charge in [0.05, 0.1) is 0 Å². The Morgan fingerprint density at radius 3 is 1.93 bits per heavy atom. The summed E-state index contributed by atoms with van der Waals surface area (Å²) < 4.78 is 0. The van der Waals surface area contributed by atoms with E-state index in [0.29, 0.717) is 6.61 Å². The van der Waals surface area contributed by atoms with E-state index in [2.05, 4.69) is 19.1 Å². The second-order valence-electron chi connectivity index (χ2n) is 3.89. The molecule has 0 spiro atoms. The van der Waals surface area contributed by atoms with Crippen molar-refractivity contribution in [2.45, 2.75) is 64.7 Å². The summed E-state index contributed by atoms with van der Waals surface area (Å²) in [7, 11) is 0.